The summed E-state index contributed by atoms with van der Waals surface area (Å²) in [5.74, 6) is -2.53. The first-order valence-corrected chi connectivity index (χ1v) is 15.0. The Morgan fingerprint density at radius 2 is 1.90 bits per heavy atom. The molecule has 3 aliphatic heterocycles. The summed E-state index contributed by atoms with van der Waals surface area (Å²) in [6, 6.07) is 7.47. The average molecular weight is 587 g/mol. The molecule has 6 bridgehead atoms. The van der Waals surface area contributed by atoms with E-state index in [1.54, 1.807) is 20.8 Å². The van der Waals surface area contributed by atoms with Gasteiger partial charge in [-0.1, -0.05) is 31.2 Å². The van der Waals surface area contributed by atoms with Gasteiger partial charge in [-0.3, -0.25) is 9.59 Å². The number of allylic oxidation sites excluding steroid dienone is 2. The Labute approximate surface area is 244 Å². The van der Waals surface area contributed by atoms with Crippen molar-refractivity contribution in [3.8, 4) is 0 Å². The van der Waals surface area contributed by atoms with E-state index in [1.165, 1.54) is 6.08 Å². The summed E-state index contributed by atoms with van der Waals surface area (Å²) >= 11 is 6.00. The van der Waals surface area contributed by atoms with Gasteiger partial charge in [0.15, 0.2) is 22.8 Å². The Bertz CT molecular complexity index is 1420. The summed E-state index contributed by atoms with van der Waals surface area (Å²) < 4.78 is 43.4. The second-order valence-corrected chi connectivity index (χ2v) is 13.8. The van der Waals surface area contributed by atoms with Gasteiger partial charge in [-0.2, -0.15) is 0 Å². The van der Waals surface area contributed by atoms with Crippen LogP contribution in [0.5, 0.6) is 0 Å². The van der Waals surface area contributed by atoms with E-state index in [9.17, 15) is 14.7 Å². The summed E-state index contributed by atoms with van der Waals surface area (Å²) in [7, 11) is 0. The number of ketones is 2. The molecule has 3 saturated heterocycles. The lowest BCUT2D eigenvalue weighted by atomic mass is 9.44. The van der Waals surface area contributed by atoms with Crippen molar-refractivity contribution in [2.45, 2.75) is 95.1 Å². The maximum absolute atomic E-state index is 18.2. The Kier molecular flexibility index (Phi) is 5.82. The lowest BCUT2D eigenvalue weighted by Crippen LogP contribution is -2.71. The number of aliphatic hydroxyl groups excluding tert-OH is 1. The first kappa shape index (κ1) is 27.6. The van der Waals surface area contributed by atoms with Crippen molar-refractivity contribution in [2.24, 2.45) is 22.7 Å². The van der Waals surface area contributed by atoms with Gasteiger partial charge in [-0.05, 0) is 75.1 Å². The summed E-state index contributed by atoms with van der Waals surface area (Å²) in [6.45, 7) is 6.77. The molecular weight excluding hydrogens is 551 g/mol. The van der Waals surface area contributed by atoms with Crippen LogP contribution in [0.3, 0.4) is 0 Å². The van der Waals surface area contributed by atoms with Crippen LogP contribution in [0.2, 0.25) is 0 Å². The quantitative estimate of drug-likeness (QED) is 0.493. The number of fused-ring (bicyclic) bond motifs is 3. The molecule has 1 unspecified atom stereocenters. The van der Waals surface area contributed by atoms with E-state index in [4.69, 9.17) is 30.5 Å². The van der Waals surface area contributed by atoms with Crippen LogP contribution in [0.4, 0.5) is 4.39 Å². The van der Waals surface area contributed by atoms with Gasteiger partial charge in [-0.25, -0.2) is 4.39 Å². The molecule has 3 saturated carbocycles. The van der Waals surface area contributed by atoms with E-state index in [2.05, 4.69) is 0 Å². The van der Waals surface area contributed by atoms with Gasteiger partial charge >= 0.3 is 0 Å². The first-order valence-electron chi connectivity index (χ1n) is 14.5. The minimum Gasteiger partial charge on any atom is -0.485 e. The van der Waals surface area contributed by atoms with Crippen molar-refractivity contribution in [3.63, 3.8) is 0 Å². The number of alkyl halides is 2. The molecule has 1 aromatic carbocycles. The van der Waals surface area contributed by atoms with Gasteiger partial charge in [0.1, 0.15) is 13.2 Å². The number of benzene rings is 1. The van der Waals surface area contributed by atoms with Crippen LogP contribution in [0.25, 0.3) is 0 Å². The summed E-state index contributed by atoms with van der Waals surface area (Å²) in [5, 5.41) is 11.9. The highest BCUT2D eigenvalue weighted by molar-refractivity contribution is 6.17. The molecular formula is C32H36ClFO7. The van der Waals surface area contributed by atoms with Crippen molar-refractivity contribution >= 4 is 23.2 Å². The van der Waals surface area contributed by atoms with Crippen molar-refractivity contribution < 1.29 is 38.0 Å². The molecule has 9 heteroatoms. The van der Waals surface area contributed by atoms with Crippen LogP contribution in [0.15, 0.2) is 47.4 Å². The molecule has 8 rings (SSSR count). The highest BCUT2D eigenvalue weighted by atomic mass is 35.5. The lowest BCUT2D eigenvalue weighted by molar-refractivity contribution is -0.255. The number of Topliss-reactive ketones (excluding diaryl/α,β-unsaturated/α-hetero) is 1. The molecule has 7 nitrogen and oxygen atoms in total. The second kappa shape index (κ2) is 8.65. The molecule has 0 amide bonds. The molecule has 0 radical (unpaired) electrons. The van der Waals surface area contributed by atoms with Gasteiger partial charge in [0, 0.05) is 17.2 Å². The summed E-state index contributed by atoms with van der Waals surface area (Å²) in [5.41, 5.74) is -3.70. The molecule has 41 heavy (non-hydrogen) atoms. The standard InChI is InChI=1S/C32H36ClFO7/c1-28(2)40-25-12-21-20-9-8-19-11-22(35)26(38-15-18-7-5-6-17(10-18)14-33)27-30(19,4)31(20,34)23(36)13-29(21,3)32(25,41-28)24(37)16-39-27/h5-7,10-11,20-21,23,25,36H,8-9,12-16H2,1-4H3/t20-,21-,23-,25-,29-,30+,31?,32+/m0/s1. The zero-order valence-electron chi connectivity index (χ0n) is 23.8. The normalized spacial score (nSPS) is 43.9. The predicted molar refractivity (Wildman–Crippen MR) is 146 cm³/mol. The molecule has 6 fully saturated rings. The van der Waals surface area contributed by atoms with Crippen LogP contribution in [-0.4, -0.2) is 52.5 Å². The molecule has 4 aliphatic carbocycles. The van der Waals surface area contributed by atoms with Crippen LogP contribution in [-0.2, 0) is 41.0 Å². The molecule has 1 aromatic rings. The number of halogens is 2. The van der Waals surface area contributed by atoms with Crippen molar-refractivity contribution in [1.29, 1.82) is 0 Å². The van der Waals surface area contributed by atoms with E-state index >= 15 is 4.39 Å². The molecule has 3 heterocycles. The van der Waals surface area contributed by atoms with Crippen LogP contribution in [0.1, 0.15) is 64.5 Å². The average Bonchev–Trinajstić information content (AvgIpc) is 3.33. The van der Waals surface area contributed by atoms with Crippen molar-refractivity contribution in [3.05, 3.63) is 58.6 Å². The smallest absolute Gasteiger partial charge is 0.223 e. The van der Waals surface area contributed by atoms with Gasteiger partial charge in [0.2, 0.25) is 17.3 Å². The third-order valence-electron chi connectivity index (χ3n) is 11.2. The zero-order valence-corrected chi connectivity index (χ0v) is 24.6. The topological polar surface area (TPSA) is 91.3 Å². The number of hydrogen-bond donors (Lipinski definition) is 1. The third-order valence-corrected chi connectivity index (χ3v) is 11.5. The summed E-state index contributed by atoms with van der Waals surface area (Å²) in [6.07, 6.45) is 0.780. The summed E-state index contributed by atoms with van der Waals surface area (Å²) in [4.78, 5) is 27.8. The molecule has 8 atom stereocenters. The Balaban J connectivity index is 1.39. The minimum atomic E-state index is -2.17. The number of hydrogen-bond acceptors (Lipinski definition) is 7. The number of aliphatic hydroxyl groups is 1. The van der Waals surface area contributed by atoms with Gasteiger partial charge in [0.05, 0.1) is 17.6 Å². The maximum Gasteiger partial charge on any atom is 0.223 e. The number of rotatable bonds is 4. The maximum atomic E-state index is 18.2. The number of carbonyl (C=O) groups is 2. The van der Waals surface area contributed by atoms with Crippen molar-refractivity contribution in [1.82, 2.24) is 0 Å². The Morgan fingerprint density at radius 1 is 1.15 bits per heavy atom. The molecule has 1 N–H and O–H groups in total. The predicted octanol–water partition coefficient (Wildman–Crippen LogP) is 5.07. The fraction of sp³-hybridized carbons (Fsp3) is 0.625. The number of carbonyl (C=O) groups excluding carboxylic acids is 2. The van der Waals surface area contributed by atoms with Gasteiger partial charge < -0.3 is 24.1 Å². The van der Waals surface area contributed by atoms with Crippen LogP contribution < -0.4 is 0 Å². The van der Waals surface area contributed by atoms with Gasteiger partial charge in [-0.15, -0.1) is 11.6 Å². The molecule has 0 aromatic heterocycles. The van der Waals surface area contributed by atoms with E-state index in [0.717, 1.165) is 11.1 Å². The van der Waals surface area contributed by atoms with Crippen molar-refractivity contribution in [2.75, 3.05) is 6.61 Å². The molecule has 7 aliphatic rings. The fourth-order valence-electron chi connectivity index (χ4n) is 9.49. The van der Waals surface area contributed by atoms with E-state index < -0.39 is 58.4 Å². The SMILES string of the molecule is CC1(C)O[C@H]2C[C@H]3[C@@H]4CCC5=CC(=O)C(OCc6cccc(CCl)c6)=C6OCC(=O)[C@]2(O1)[C@@]3(C)C[C@H](O)C4(F)[C@]56C. The molecule has 220 valence electrons. The minimum absolute atomic E-state index is 0.0228. The monoisotopic (exact) mass is 586 g/mol. The first-order chi connectivity index (χ1) is 19.3. The Hall–Kier alpha value is -2.26. The van der Waals surface area contributed by atoms with E-state index in [-0.39, 0.29) is 36.2 Å². The van der Waals surface area contributed by atoms with E-state index in [0.29, 0.717) is 30.7 Å². The molecule has 1 spiro atoms. The van der Waals surface area contributed by atoms with Gasteiger partial charge in [0.25, 0.3) is 0 Å². The lowest BCUT2D eigenvalue weighted by Gasteiger charge is -2.64. The highest BCUT2D eigenvalue weighted by Gasteiger charge is 2.81. The zero-order chi connectivity index (χ0) is 29.2. The number of ether oxygens (including phenoxy) is 4. The largest absolute Gasteiger partial charge is 0.485 e. The third kappa shape index (κ3) is 3.31. The second-order valence-electron chi connectivity index (χ2n) is 13.5. The Morgan fingerprint density at radius 3 is 2.66 bits per heavy atom. The van der Waals surface area contributed by atoms with E-state index in [1.807, 2.05) is 31.2 Å². The highest BCUT2D eigenvalue weighted by Crippen LogP contribution is 2.74. The van der Waals surface area contributed by atoms with Crippen LogP contribution in [0, 0.1) is 22.7 Å². The fourth-order valence-corrected chi connectivity index (χ4v) is 9.66. The van der Waals surface area contributed by atoms with Crippen LogP contribution >= 0.6 is 11.6 Å².